The molecule has 2 aromatic rings. The predicted octanol–water partition coefficient (Wildman–Crippen LogP) is 2.35. The highest BCUT2D eigenvalue weighted by Gasteiger charge is 2.19. The normalized spacial score (nSPS) is 20.2. The van der Waals surface area contributed by atoms with Gasteiger partial charge in [-0.15, -0.1) is 11.6 Å². The van der Waals surface area contributed by atoms with E-state index in [1.165, 1.54) is 0 Å². The summed E-state index contributed by atoms with van der Waals surface area (Å²) in [6.45, 7) is 1.66. The maximum Gasteiger partial charge on any atom is 0.160 e. The minimum atomic E-state index is 0.274. The van der Waals surface area contributed by atoms with Crippen molar-refractivity contribution in [1.29, 1.82) is 0 Å². The fourth-order valence-electron chi connectivity index (χ4n) is 2.29. The molecular weight excluding hydrogens is 238 g/mol. The predicted molar refractivity (Wildman–Crippen MR) is 66.1 cm³/mol. The highest BCUT2D eigenvalue weighted by Crippen LogP contribution is 2.20. The molecule has 0 bridgehead atoms. The second-order valence-corrected chi connectivity index (χ2v) is 4.52. The molecule has 1 fully saturated rings. The van der Waals surface area contributed by atoms with Gasteiger partial charge in [0.05, 0.1) is 18.5 Å². The third-order valence-corrected chi connectivity index (χ3v) is 3.35. The second-order valence-electron chi connectivity index (χ2n) is 4.25. The standard InChI is InChI=1S/C12H14ClN3O/c13-7-11-15-10-4-1-5-14-12(10)16(11)8-9-3-2-6-17-9/h1,4-5,9H,2-3,6-8H2. The van der Waals surface area contributed by atoms with Crippen LogP contribution in [0, 0.1) is 0 Å². The van der Waals surface area contributed by atoms with Crippen LogP contribution in [0.15, 0.2) is 18.3 Å². The van der Waals surface area contributed by atoms with E-state index in [1.54, 1.807) is 6.20 Å². The lowest BCUT2D eigenvalue weighted by Crippen LogP contribution is -2.16. The van der Waals surface area contributed by atoms with E-state index in [-0.39, 0.29) is 6.10 Å². The molecule has 1 aliphatic rings. The van der Waals surface area contributed by atoms with Crippen LogP contribution in [-0.2, 0) is 17.2 Å². The van der Waals surface area contributed by atoms with Crippen molar-refractivity contribution in [3.63, 3.8) is 0 Å². The third kappa shape index (κ3) is 2.03. The van der Waals surface area contributed by atoms with Crippen molar-refractivity contribution >= 4 is 22.8 Å². The molecule has 3 rings (SSSR count). The van der Waals surface area contributed by atoms with Gasteiger partial charge in [-0.25, -0.2) is 9.97 Å². The quantitative estimate of drug-likeness (QED) is 0.787. The lowest BCUT2D eigenvalue weighted by atomic mass is 10.2. The number of ether oxygens (including phenoxy) is 1. The van der Waals surface area contributed by atoms with Gasteiger partial charge in [-0.05, 0) is 25.0 Å². The molecule has 0 aromatic carbocycles. The molecule has 1 saturated heterocycles. The summed E-state index contributed by atoms with van der Waals surface area (Å²) in [6, 6.07) is 3.86. The van der Waals surface area contributed by atoms with E-state index in [2.05, 4.69) is 14.5 Å². The molecule has 1 unspecified atom stereocenters. The molecule has 17 heavy (non-hydrogen) atoms. The van der Waals surface area contributed by atoms with E-state index in [0.717, 1.165) is 43.0 Å². The number of imidazole rings is 1. The summed E-state index contributed by atoms with van der Waals surface area (Å²) < 4.78 is 7.74. The van der Waals surface area contributed by atoms with Crippen molar-refractivity contribution in [1.82, 2.24) is 14.5 Å². The van der Waals surface area contributed by atoms with Crippen molar-refractivity contribution in [2.45, 2.75) is 31.4 Å². The van der Waals surface area contributed by atoms with Crippen molar-refractivity contribution in [3.8, 4) is 0 Å². The molecule has 1 atom stereocenters. The fourth-order valence-corrected chi connectivity index (χ4v) is 2.50. The van der Waals surface area contributed by atoms with Crippen molar-refractivity contribution in [2.24, 2.45) is 0 Å². The number of rotatable bonds is 3. The van der Waals surface area contributed by atoms with Crippen LogP contribution in [0.25, 0.3) is 11.2 Å². The summed E-state index contributed by atoms with van der Waals surface area (Å²) in [7, 11) is 0. The Balaban J connectivity index is 1.99. The van der Waals surface area contributed by atoms with Gasteiger partial charge in [0, 0.05) is 12.8 Å². The number of alkyl halides is 1. The van der Waals surface area contributed by atoms with Crippen LogP contribution in [0.3, 0.4) is 0 Å². The highest BCUT2D eigenvalue weighted by atomic mass is 35.5. The van der Waals surface area contributed by atoms with Gasteiger partial charge >= 0.3 is 0 Å². The van der Waals surface area contributed by atoms with Gasteiger partial charge in [0.2, 0.25) is 0 Å². The molecule has 90 valence electrons. The molecule has 0 spiro atoms. The first-order chi connectivity index (χ1) is 8.38. The molecule has 0 amide bonds. The minimum absolute atomic E-state index is 0.274. The van der Waals surface area contributed by atoms with Crippen LogP contribution in [0.2, 0.25) is 0 Å². The zero-order chi connectivity index (χ0) is 11.7. The Hall–Kier alpha value is -1.13. The van der Waals surface area contributed by atoms with Crippen LogP contribution in [0.5, 0.6) is 0 Å². The fraction of sp³-hybridized carbons (Fsp3) is 0.500. The van der Waals surface area contributed by atoms with Crippen LogP contribution in [0.4, 0.5) is 0 Å². The van der Waals surface area contributed by atoms with Crippen LogP contribution in [0.1, 0.15) is 18.7 Å². The average Bonchev–Trinajstić information content (AvgIpc) is 2.98. The molecule has 0 radical (unpaired) electrons. The SMILES string of the molecule is ClCc1nc2cccnc2n1CC1CCCO1. The van der Waals surface area contributed by atoms with Gasteiger partial charge in [0.15, 0.2) is 5.65 Å². The number of fused-ring (bicyclic) bond motifs is 1. The van der Waals surface area contributed by atoms with E-state index in [0.29, 0.717) is 5.88 Å². The number of pyridine rings is 1. The number of hydrogen-bond donors (Lipinski definition) is 0. The van der Waals surface area contributed by atoms with E-state index < -0.39 is 0 Å². The summed E-state index contributed by atoms with van der Waals surface area (Å²) in [6.07, 6.45) is 4.31. The Morgan fingerprint density at radius 3 is 3.24 bits per heavy atom. The Bertz CT molecular complexity index is 519. The molecular formula is C12H14ClN3O. The molecule has 0 aliphatic carbocycles. The molecule has 3 heterocycles. The topological polar surface area (TPSA) is 39.9 Å². The first-order valence-electron chi connectivity index (χ1n) is 5.86. The summed E-state index contributed by atoms with van der Waals surface area (Å²) >= 11 is 5.94. The molecule has 5 heteroatoms. The van der Waals surface area contributed by atoms with Gasteiger partial charge in [-0.2, -0.15) is 0 Å². The summed E-state index contributed by atoms with van der Waals surface area (Å²) in [5.74, 6) is 1.28. The largest absolute Gasteiger partial charge is 0.376 e. The first kappa shape index (κ1) is 11.0. The highest BCUT2D eigenvalue weighted by molar-refractivity contribution is 6.16. The molecule has 4 nitrogen and oxygen atoms in total. The Morgan fingerprint density at radius 2 is 2.47 bits per heavy atom. The number of hydrogen-bond acceptors (Lipinski definition) is 3. The van der Waals surface area contributed by atoms with E-state index in [4.69, 9.17) is 16.3 Å². The Kier molecular flexibility index (Phi) is 2.99. The Labute approximate surface area is 105 Å². The maximum atomic E-state index is 5.94. The average molecular weight is 252 g/mol. The lowest BCUT2D eigenvalue weighted by Gasteiger charge is -2.12. The molecule has 0 N–H and O–H groups in total. The van der Waals surface area contributed by atoms with Gasteiger partial charge in [0.25, 0.3) is 0 Å². The zero-order valence-corrected chi connectivity index (χ0v) is 10.2. The van der Waals surface area contributed by atoms with Crippen molar-refractivity contribution in [3.05, 3.63) is 24.2 Å². The molecule has 0 saturated carbocycles. The van der Waals surface area contributed by atoms with E-state index in [1.807, 2.05) is 12.1 Å². The smallest absolute Gasteiger partial charge is 0.160 e. The summed E-state index contributed by atoms with van der Waals surface area (Å²) in [4.78, 5) is 8.86. The van der Waals surface area contributed by atoms with Crippen LogP contribution >= 0.6 is 11.6 Å². The third-order valence-electron chi connectivity index (χ3n) is 3.11. The number of aromatic nitrogens is 3. The summed E-state index contributed by atoms with van der Waals surface area (Å²) in [5.41, 5.74) is 1.81. The van der Waals surface area contributed by atoms with Crippen molar-refractivity contribution < 1.29 is 4.74 Å². The van der Waals surface area contributed by atoms with Gasteiger partial charge in [-0.3, -0.25) is 0 Å². The van der Waals surface area contributed by atoms with Gasteiger partial charge in [0.1, 0.15) is 11.3 Å². The van der Waals surface area contributed by atoms with Crippen LogP contribution in [-0.4, -0.2) is 27.2 Å². The summed E-state index contributed by atoms with van der Waals surface area (Å²) in [5, 5.41) is 0. The van der Waals surface area contributed by atoms with E-state index >= 15 is 0 Å². The maximum absolute atomic E-state index is 5.94. The number of halogens is 1. The van der Waals surface area contributed by atoms with Gasteiger partial charge in [-0.1, -0.05) is 0 Å². The lowest BCUT2D eigenvalue weighted by molar-refractivity contribution is 0.0972. The molecule has 1 aliphatic heterocycles. The van der Waals surface area contributed by atoms with Gasteiger partial charge < -0.3 is 9.30 Å². The van der Waals surface area contributed by atoms with Crippen molar-refractivity contribution in [2.75, 3.05) is 6.61 Å². The molecule has 2 aromatic heterocycles. The first-order valence-corrected chi connectivity index (χ1v) is 6.39. The number of nitrogens with zero attached hydrogens (tertiary/aromatic N) is 3. The second kappa shape index (κ2) is 4.63. The van der Waals surface area contributed by atoms with Crippen LogP contribution < -0.4 is 0 Å². The monoisotopic (exact) mass is 251 g/mol. The zero-order valence-electron chi connectivity index (χ0n) is 9.47. The Morgan fingerprint density at radius 1 is 1.53 bits per heavy atom. The minimum Gasteiger partial charge on any atom is -0.376 e. The van der Waals surface area contributed by atoms with E-state index in [9.17, 15) is 0 Å².